The smallest absolute Gasteiger partial charge is 0.406 e. The van der Waals surface area contributed by atoms with Crippen molar-refractivity contribution in [3.8, 4) is 17.3 Å². The maximum atomic E-state index is 12.4. The number of rotatable bonds is 7. The van der Waals surface area contributed by atoms with Crippen molar-refractivity contribution in [3.63, 3.8) is 0 Å². The van der Waals surface area contributed by atoms with Gasteiger partial charge in [-0.1, -0.05) is 24.2 Å². The number of piperazine rings is 1. The summed E-state index contributed by atoms with van der Waals surface area (Å²) in [6.45, 7) is 9.76. The molecular formula is C27H34F3N7O2. The average Bonchev–Trinajstić information content (AvgIpc) is 3.35. The number of pyridine rings is 1. The lowest BCUT2D eigenvalue weighted by atomic mass is 9.97. The Kier molecular flexibility index (Phi) is 7.94. The van der Waals surface area contributed by atoms with E-state index in [2.05, 4.69) is 47.6 Å². The highest BCUT2D eigenvalue weighted by Crippen LogP contribution is 2.30. The fraction of sp³-hybridized carbons (Fsp3) is 0.519. The number of piperidine rings is 1. The SMILES string of the molecule is CC[C@H]1CN(c2ccc(-c3nnc(N)o3)nc2C)CCN1C1CCN(Cc2ccc(OC(F)(F)F)cc2)CC1. The van der Waals surface area contributed by atoms with Gasteiger partial charge in [0.1, 0.15) is 11.4 Å². The summed E-state index contributed by atoms with van der Waals surface area (Å²) < 4.78 is 46.5. The zero-order valence-corrected chi connectivity index (χ0v) is 22.2. The summed E-state index contributed by atoms with van der Waals surface area (Å²) in [5.74, 6) is 0.130. The van der Waals surface area contributed by atoms with Crippen LogP contribution in [0.4, 0.5) is 24.9 Å². The Morgan fingerprint density at radius 3 is 2.38 bits per heavy atom. The summed E-state index contributed by atoms with van der Waals surface area (Å²) in [6.07, 6.45) is -1.45. The van der Waals surface area contributed by atoms with E-state index in [-0.39, 0.29) is 11.8 Å². The van der Waals surface area contributed by atoms with Crippen LogP contribution in [0.2, 0.25) is 0 Å². The van der Waals surface area contributed by atoms with Gasteiger partial charge in [0.2, 0.25) is 0 Å². The van der Waals surface area contributed by atoms with Crippen LogP contribution in [0.3, 0.4) is 0 Å². The first-order chi connectivity index (χ1) is 18.7. The molecule has 1 atom stereocenters. The molecule has 0 bridgehead atoms. The number of anilines is 2. The molecule has 9 nitrogen and oxygen atoms in total. The minimum atomic E-state index is -4.67. The number of likely N-dealkylation sites (tertiary alicyclic amines) is 1. The van der Waals surface area contributed by atoms with Gasteiger partial charge in [-0.15, -0.1) is 18.3 Å². The van der Waals surface area contributed by atoms with Crippen LogP contribution in [0.1, 0.15) is 37.4 Å². The predicted octanol–water partition coefficient (Wildman–Crippen LogP) is 4.49. The van der Waals surface area contributed by atoms with Gasteiger partial charge in [-0.25, -0.2) is 4.98 Å². The Bertz CT molecular complexity index is 1240. The van der Waals surface area contributed by atoms with Crippen LogP contribution in [0.5, 0.6) is 5.75 Å². The van der Waals surface area contributed by atoms with Crippen LogP contribution in [-0.2, 0) is 6.54 Å². The van der Waals surface area contributed by atoms with Crippen molar-refractivity contribution in [2.24, 2.45) is 0 Å². The number of aryl methyl sites for hydroxylation is 1. The first-order valence-corrected chi connectivity index (χ1v) is 13.3. The van der Waals surface area contributed by atoms with E-state index in [9.17, 15) is 13.2 Å². The second-order valence-electron chi connectivity index (χ2n) is 10.2. The second-order valence-corrected chi connectivity index (χ2v) is 10.2. The lowest BCUT2D eigenvalue weighted by Gasteiger charge is -2.48. The van der Waals surface area contributed by atoms with Crippen LogP contribution in [0.15, 0.2) is 40.8 Å². The van der Waals surface area contributed by atoms with E-state index in [1.54, 1.807) is 12.1 Å². The zero-order valence-electron chi connectivity index (χ0n) is 22.2. The number of nitrogens with zero attached hydrogens (tertiary/aromatic N) is 6. The summed E-state index contributed by atoms with van der Waals surface area (Å²) in [5.41, 5.74) is 9.18. The van der Waals surface area contributed by atoms with E-state index in [1.165, 1.54) is 12.1 Å². The lowest BCUT2D eigenvalue weighted by Crippen LogP contribution is -2.58. The third-order valence-electron chi connectivity index (χ3n) is 7.65. The zero-order chi connectivity index (χ0) is 27.6. The van der Waals surface area contributed by atoms with E-state index in [0.717, 1.165) is 75.5 Å². The number of halogens is 3. The van der Waals surface area contributed by atoms with Gasteiger partial charge < -0.3 is 19.8 Å². The third-order valence-corrected chi connectivity index (χ3v) is 7.65. The highest BCUT2D eigenvalue weighted by atomic mass is 19.4. The van der Waals surface area contributed by atoms with Crippen LogP contribution < -0.4 is 15.4 Å². The van der Waals surface area contributed by atoms with Gasteiger partial charge in [0, 0.05) is 38.3 Å². The minimum Gasteiger partial charge on any atom is -0.406 e. The molecule has 0 amide bonds. The summed E-state index contributed by atoms with van der Waals surface area (Å²) in [7, 11) is 0. The molecule has 0 unspecified atom stereocenters. The molecule has 2 N–H and O–H groups in total. The molecular weight excluding hydrogens is 511 g/mol. The number of nitrogen functional groups attached to an aromatic ring is 1. The number of hydrogen-bond donors (Lipinski definition) is 1. The van der Waals surface area contributed by atoms with Gasteiger partial charge >= 0.3 is 12.4 Å². The molecule has 39 heavy (non-hydrogen) atoms. The Labute approximate surface area is 225 Å². The molecule has 0 radical (unpaired) electrons. The van der Waals surface area contributed by atoms with Crippen molar-refractivity contribution >= 4 is 11.7 Å². The highest BCUT2D eigenvalue weighted by Gasteiger charge is 2.34. The normalized spacial score (nSPS) is 19.9. The van der Waals surface area contributed by atoms with Gasteiger partial charge in [-0.3, -0.25) is 9.80 Å². The fourth-order valence-corrected chi connectivity index (χ4v) is 5.74. The first kappa shape index (κ1) is 27.2. The van der Waals surface area contributed by atoms with Gasteiger partial charge in [-0.2, -0.15) is 0 Å². The summed E-state index contributed by atoms with van der Waals surface area (Å²) >= 11 is 0. The molecule has 2 aliphatic heterocycles. The molecule has 12 heteroatoms. The van der Waals surface area contributed by atoms with E-state index in [1.807, 2.05) is 13.0 Å². The number of alkyl halides is 3. The maximum absolute atomic E-state index is 12.4. The van der Waals surface area contributed by atoms with Crippen LogP contribution in [0.25, 0.3) is 11.6 Å². The molecule has 2 aromatic heterocycles. The number of benzene rings is 1. The molecule has 5 rings (SSSR count). The topological polar surface area (TPSA) is 96.8 Å². The predicted molar refractivity (Wildman–Crippen MR) is 141 cm³/mol. The number of hydrogen-bond acceptors (Lipinski definition) is 9. The molecule has 0 spiro atoms. The van der Waals surface area contributed by atoms with Gasteiger partial charge in [-0.05, 0) is 69.1 Å². The molecule has 0 saturated carbocycles. The summed E-state index contributed by atoms with van der Waals surface area (Å²) in [4.78, 5) is 12.2. The minimum absolute atomic E-state index is 0.0230. The van der Waals surface area contributed by atoms with Crippen molar-refractivity contribution < 1.29 is 22.3 Å². The van der Waals surface area contributed by atoms with Crippen molar-refractivity contribution in [2.45, 2.75) is 58.1 Å². The molecule has 2 saturated heterocycles. The van der Waals surface area contributed by atoms with E-state index in [4.69, 9.17) is 10.2 Å². The van der Waals surface area contributed by atoms with E-state index >= 15 is 0 Å². The molecule has 2 fully saturated rings. The Hall–Kier alpha value is -3.38. The Morgan fingerprint density at radius 2 is 1.77 bits per heavy atom. The van der Waals surface area contributed by atoms with E-state index < -0.39 is 6.36 Å². The van der Waals surface area contributed by atoms with Crippen molar-refractivity contribution in [2.75, 3.05) is 43.4 Å². The largest absolute Gasteiger partial charge is 0.573 e. The average molecular weight is 546 g/mol. The van der Waals surface area contributed by atoms with E-state index in [0.29, 0.717) is 23.7 Å². The Balaban J connectivity index is 1.14. The quantitative estimate of drug-likeness (QED) is 0.461. The van der Waals surface area contributed by atoms with Crippen LogP contribution >= 0.6 is 0 Å². The number of ether oxygens (including phenoxy) is 1. The van der Waals surface area contributed by atoms with Crippen molar-refractivity contribution in [1.82, 2.24) is 25.0 Å². The molecule has 2 aliphatic rings. The lowest BCUT2D eigenvalue weighted by molar-refractivity contribution is -0.274. The molecule has 3 aromatic rings. The third kappa shape index (κ3) is 6.62. The first-order valence-electron chi connectivity index (χ1n) is 13.3. The molecule has 4 heterocycles. The molecule has 210 valence electrons. The number of nitrogens with two attached hydrogens (primary N) is 1. The number of aromatic nitrogens is 3. The van der Waals surface area contributed by atoms with Gasteiger partial charge in [0.05, 0.1) is 11.4 Å². The summed E-state index contributed by atoms with van der Waals surface area (Å²) in [5, 5.41) is 7.64. The molecule has 1 aromatic carbocycles. The van der Waals surface area contributed by atoms with Gasteiger partial charge in [0.15, 0.2) is 0 Å². The molecule has 0 aliphatic carbocycles. The fourth-order valence-electron chi connectivity index (χ4n) is 5.74. The standard InChI is InChI=1S/C27H34F3N7O2/c1-3-20-17-36(24-9-8-23(32-18(24)2)25-33-34-26(31)38-25)14-15-37(20)21-10-12-35(13-11-21)16-19-4-6-22(7-5-19)39-27(28,29)30/h4-9,20-21H,3,10-17H2,1-2H3,(H2,31,34)/t20-/m0/s1. The van der Waals surface area contributed by atoms with Crippen molar-refractivity contribution in [3.05, 3.63) is 47.7 Å². The second kappa shape index (κ2) is 11.4. The van der Waals surface area contributed by atoms with Crippen molar-refractivity contribution in [1.29, 1.82) is 0 Å². The highest BCUT2D eigenvalue weighted by molar-refractivity contribution is 5.58. The van der Waals surface area contributed by atoms with Crippen LogP contribution in [0, 0.1) is 6.92 Å². The Morgan fingerprint density at radius 1 is 1.03 bits per heavy atom. The maximum Gasteiger partial charge on any atom is 0.573 e. The monoisotopic (exact) mass is 545 g/mol. The summed E-state index contributed by atoms with van der Waals surface area (Å²) in [6, 6.07) is 11.2. The van der Waals surface area contributed by atoms with Crippen LogP contribution in [-0.4, -0.2) is 76.2 Å². The van der Waals surface area contributed by atoms with Gasteiger partial charge in [0.25, 0.3) is 5.89 Å².